The second-order valence-electron chi connectivity index (χ2n) is 4.79. The van der Waals surface area contributed by atoms with Crippen molar-refractivity contribution in [1.29, 1.82) is 0 Å². The van der Waals surface area contributed by atoms with E-state index in [1.54, 1.807) is 0 Å². The first-order valence-electron chi connectivity index (χ1n) is 7.12. The summed E-state index contributed by atoms with van der Waals surface area (Å²) in [5.74, 6) is 0. The Balaban J connectivity index is 2.88. The largest absolute Gasteiger partial charge is 0.317 e. The van der Waals surface area contributed by atoms with E-state index in [1.165, 1.54) is 57.9 Å². The van der Waals surface area contributed by atoms with Crippen LogP contribution in [0.4, 0.5) is 0 Å². The molecule has 1 unspecified atom stereocenters. The summed E-state index contributed by atoms with van der Waals surface area (Å²) >= 11 is 5.87. The van der Waals surface area contributed by atoms with E-state index in [2.05, 4.69) is 19.2 Å². The minimum absolute atomic E-state index is 0.334. The summed E-state index contributed by atoms with van der Waals surface area (Å²) in [4.78, 5) is 0. The molecule has 0 aliphatic rings. The summed E-state index contributed by atoms with van der Waals surface area (Å²) in [6, 6.07) is 0. The van der Waals surface area contributed by atoms with Crippen molar-refractivity contribution in [1.82, 2.24) is 5.32 Å². The lowest BCUT2D eigenvalue weighted by Gasteiger charge is -2.05. The highest BCUT2D eigenvalue weighted by molar-refractivity contribution is 6.20. The summed E-state index contributed by atoms with van der Waals surface area (Å²) in [5.41, 5.74) is 0. The molecule has 0 radical (unpaired) electrons. The van der Waals surface area contributed by atoms with Crippen molar-refractivity contribution in [3.05, 3.63) is 0 Å². The highest BCUT2D eigenvalue weighted by Gasteiger charge is 1.95. The van der Waals surface area contributed by atoms with Crippen molar-refractivity contribution in [2.45, 2.75) is 77.0 Å². The Morgan fingerprint density at radius 1 is 0.875 bits per heavy atom. The number of rotatable bonds is 12. The van der Waals surface area contributed by atoms with E-state index in [1.807, 2.05) is 0 Å². The third kappa shape index (κ3) is 14.2. The molecule has 0 heterocycles. The van der Waals surface area contributed by atoms with Crippen LogP contribution >= 0.6 is 11.6 Å². The quantitative estimate of drug-likeness (QED) is 0.388. The summed E-state index contributed by atoms with van der Waals surface area (Å²) in [5, 5.41) is 3.82. The van der Waals surface area contributed by atoms with Crippen LogP contribution in [0, 0.1) is 0 Å². The highest BCUT2D eigenvalue weighted by Crippen LogP contribution is 2.06. The smallest absolute Gasteiger partial charge is 0.0308 e. The van der Waals surface area contributed by atoms with Gasteiger partial charge in [-0.1, -0.05) is 45.4 Å². The zero-order valence-corrected chi connectivity index (χ0v) is 12.0. The van der Waals surface area contributed by atoms with E-state index in [4.69, 9.17) is 11.6 Å². The van der Waals surface area contributed by atoms with Crippen LogP contribution in [0.3, 0.4) is 0 Å². The first-order valence-corrected chi connectivity index (χ1v) is 7.55. The average molecular weight is 248 g/mol. The molecular weight excluding hydrogens is 218 g/mol. The summed E-state index contributed by atoms with van der Waals surface area (Å²) < 4.78 is 0. The molecule has 0 bridgehead atoms. The van der Waals surface area contributed by atoms with Crippen LogP contribution in [0.1, 0.15) is 71.6 Å². The molecule has 0 amide bonds. The van der Waals surface area contributed by atoms with Gasteiger partial charge in [0, 0.05) is 5.38 Å². The maximum atomic E-state index is 5.87. The number of unbranched alkanes of at least 4 members (excludes halogenated alkanes) is 6. The molecule has 0 spiro atoms. The molecular formula is C14H30ClN. The van der Waals surface area contributed by atoms with Crippen molar-refractivity contribution in [3.63, 3.8) is 0 Å². The Morgan fingerprint density at radius 3 is 2.06 bits per heavy atom. The normalized spacial score (nSPS) is 12.9. The molecule has 0 aromatic rings. The van der Waals surface area contributed by atoms with E-state index in [0.717, 1.165) is 13.0 Å². The van der Waals surface area contributed by atoms with Crippen LogP contribution < -0.4 is 5.32 Å². The number of hydrogen-bond donors (Lipinski definition) is 1. The van der Waals surface area contributed by atoms with Crippen molar-refractivity contribution in [2.24, 2.45) is 0 Å². The standard InChI is InChI=1S/C14H30ClN/c1-3-4-5-6-7-8-9-12-16-13-10-11-14(2)15/h14,16H,3-13H2,1-2H3. The van der Waals surface area contributed by atoms with Crippen LogP contribution in [0.5, 0.6) is 0 Å². The van der Waals surface area contributed by atoms with Gasteiger partial charge in [-0.05, 0) is 39.3 Å². The van der Waals surface area contributed by atoms with Crippen molar-refractivity contribution < 1.29 is 0 Å². The molecule has 0 fully saturated rings. The summed E-state index contributed by atoms with van der Waals surface area (Å²) in [6.07, 6.45) is 12.1. The van der Waals surface area contributed by atoms with Crippen LogP contribution in [0.15, 0.2) is 0 Å². The van der Waals surface area contributed by atoms with E-state index in [-0.39, 0.29) is 0 Å². The number of hydrogen-bond acceptors (Lipinski definition) is 1. The van der Waals surface area contributed by atoms with E-state index in [9.17, 15) is 0 Å². The molecule has 1 nitrogen and oxygen atoms in total. The Morgan fingerprint density at radius 2 is 1.44 bits per heavy atom. The van der Waals surface area contributed by atoms with Gasteiger partial charge in [-0.2, -0.15) is 0 Å². The summed E-state index contributed by atoms with van der Waals surface area (Å²) in [7, 11) is 0. The molecule has 0 saturated carbocycles. The molecule has 0 saturated heterocycles. The van der Waals surface area contributed by atoms with Gasteiger partial charge in [-0.3, -0.25) is 0 Å². The van der Waals surface area contributed by atoms with Gasteiger partial charge < -0.3 is 5.32 Å². The lowest BCUT2D eigenvalue weighted by molar-refractivity contribution is 0.551. The first kappa shape index (κ1) is 16.2. The van der Waals surface area contributed by atoms with Gasteiger partial charge in [-0.15, -0.1) is 11.6 Å². The predicted octanol–water partition coefficient (Wildman–Crippen LogP) is 4.73. The van der Waals surface area contributed by atoms with Gasteiger partial charge in [-0.25, -0.2) is 0 Å². The van der Waals surface area contributed by atoms with Gasteiger partial charge >= 0.3 is 0 Å². The van der Waals surface area contributed by atoms with Gasteiger partial charge in [0.2, 0.25) is 0 Å². The van der Waals surface area contributed by atoms with Gasteiger partial charge in [0.1, 0.15) is 0 Å². The van der Waals surface area contributed by atoms with Crippen molar-refractivity contribution >= 4 is 11.6 Å². The van der Waals surface area contributed by atoms with E-state index < -0.39 is 0 Å². The van der Waals surface area contributed by atoms with Crippen LogP contribution in [-0.2, 0) is 0 Å². The first-order chi connectivity index (χ1) is 7.77. The maximum Gasteiger partial charge on any atom is 0.0308 e. The van der Waals surface area contributed by atoms with Crippen LogP contribution in [0.2, 0.25) is 0 Å². The second kappa shape index (κ2) is 13.3. The highest BCUT2D eigenvalue weighted by atomic mass is 35.5. The van der Waals surface area contributed by atoms with E-state index >= 15 is 0 Å². The Bertz CT molecular complexity index is 126. The fourth-order valence-corrected chi connectivity index (χ4v) is 1.99. The van der Waals surface area contributed by atoms with Crippen LogP contribution in [0.25, 0.3) is 0 Å². The minimum atomic E-state index is 0.334. The van der Waals surface area contributed by atoms with Gasteiger partial charge in [0.15, 0.2) is 0 Å². The maximum absolute atomic E-state index is 5.87. The zero-order valence-electron chi connectivity index (χ0n) is 11.2. The third-order valence-electron chi connectivity index (χ3n) is 2.91. The van der Waals surface area contributed by atoms with Gasteiger partial charge in [0.25, 0.3) is 0 Å². The van der Waals surface area contributed by atoms with Crippen LogP contribution in [-0.4, -0.2) is 18.5 Å². The minimum Gasteiger partial charge on any atom is -0.317 e. The Labute approximate surface area is 107 Å². The zero-order chi connectivity index (χ0) is 12.1. The molecule has 0 aromatic carbocycles. The SMILES string of the molecule is CCCCCCCCCNCCCC(C)Cl. The molecule has 0 aliphatic carbocycles. The lowest BCUT2D eigenvalue weighted by atomic mass is 10.1. The second-order valence-corrected chi connectivity index (χ2v) is 5.54. The lowest BCUT2D eigenvalue weighted by Crippen LogP contribution is -2.17. The molecule has 0 rings (SSSR count). The number of halogens is 1. The molecule has 98 valence electrons. The van der Waals surface area contributed by atoms with Crippen molar-refractivity contribution in [2.75, 3.05) is 13.1 Å². The molecule has 0 aliphatic heterocycles. The molecule has 1 atom stereocenters. The monoisotopic (exact) mass is 247 g/mol. The number of alkyl halides is 1. The topological polar surface area (TPSA) is 12.0 Å². The third-order valence-corrected chi connectivity index (χ3v) is 3.13. The predicted molar refractivity (Wildman–Crippen MR) is 75.4 cm³/mol. The molecule has 16 heavy (non-hydrogen) atoms. The Kier molecular flexibility index (Phi) is 13.5. The van der Waals surface area contributed by atoms with Crippen molar-refractivity contribution in [3.8, 4) is 0 Å². The fraction of sp³-hybridized carbons (Fsp3) is 1.00. The molecule has 2 heteroatoms. The molecule has 0 aromatic heterocycles. The molecule has 1 N–H and O–H groups in total. The van der Waals surface area contributed by atoms with Gasteiger partial charge in [0.05, 0.1) is 0 Å². The van der Waals surface area contributed by atoms with E-state index in [0.29, 0.717) is 5.38 Å². The fourth-order valence-electron chi connectivity index (χ4n) is 1.84. The average Bonchev–Trinajstić information content (AvgIpc) is 2.25. The Hall–Kier alpha value is 0.250. The summed E-state index contributed by atoms with van der Waals surface area (Å²) in [6.45, 7) is 6.65. The number of nitrogens with one attached hydrogen (secondary N) is 1.